The van der Waals surface area contributed by atoms with Gasteiger partial charge in [-0.25, -0.2) is 0 Å². The molecule has 0 amide bonds. The van der Waals surface area contributed by atoms with Crippen LogP contribution in [0.25, 0.3) is 0 Å². The lowest BCUT2D eigenvalue weighted by Gasteiger charge is -2.04. The van der Waals surface area contributed by atoms with Crippen LogP contribution < -0.4 is 5.73 Å². The zero-order valence-corrected chi connectivity index (χ0v) is 7.78. The fourth-order valence-corrected chi connectivity index (χ4v) is 1.10. The van der Waals surface area contributed by atoms with Crippen LogP contribution in [0.1, 0.15) is 25.7 Å². The first kappa shape index (κ1) is 10.9. The number of hydrogen-bond donors (Lipinski definition) is 2. The summed E-state index contributed by atoms with van der Waals surface area (Å²) < 4.78 is 0. The van der Waals surface area contributed by atoms with Gasteiger partial charge in [0, 0.05) is 0 Å². The van der Waals surface area contributed by atoms with E-state index in [2.05, 4.69) is 9.24 Å². The van der Waals surface area contributed by atoms with E-state index in [9.17, 15) is 4.79 Å². The minimum Gasteiger partial charge on any atom is -0.480 e. The fourth-order valence-electron chi connectivity index (χ4n) is 0.809. The van der Waals surface area contributed by atoms with Gasteiger partial charge in [0.1, 0.15) is 6.04 Å². The second kappa shape index (κ2) is 6.56. The molecule has 0 aromatic rings. The SMILES string of the molecule is NC(CCCCCP)C(=O)O. The molecular formula is C7H16NO2P. The maximum absolute atomic E-state index is 10.2. The lowest BCUT2D eigenvalue weighted by atomic mass is 10.1. The molecule has 3 nitrogen and oxygen atoms in total. The second-order valence-corrected chi connectivity index (χ2v) is 3.16. The van der Waals surface area contributed by atoms with Crippen LogP contribution in [0.15, 0.2) is 0 Å². The van der Waals surface area contributed by atoms with Gasteiger partial charge in [-0.2, -0.15) is 0 Å². The van der Waals surface area contributed by atoms with Gasteiger partial charge in [0.15, 0.2) is 0 Å². The molecule has 0 bridgehead atoms. The number of rotatable bonds is 6. The normalized spacial score (nSPS) is 12.9. The van der Waals surface area contributed by atoms with E-state index in [4.69, 9.17) is 10.8 Å². The molecule has 2 unspecified atom stereocenters. The zero-order chi connectivity index (χ0) is 8.69. The Kier molecular flexibility index (Phi) is 6.48. The quantitative estimate of drug-likeness (QED) is 0.466. The molecule has 0 saturated carbocycles. The maximum atomic E-state index is 10.2. The summed E-state index contributed by atoms with van der Waals surface area (Å²) in [6.07, 6.45) is 4.81. The first-order valence-corrected chi connectivity index (χ1v) is 4.68. The fraction of sp³-hybridized carbons (Fsp3) is 0.857. The van der Waals surface area contributed by atoms with Gasteiger partial charge in [-0.1, -0.05) is 12.8 Å². The summed E-state index contributed by atoms with van der Waals surface area (Å²) >= 11 is 0. The third kappa shape index (κ3) is 6.27. The molecule has 0 rings (SSSR count). The molecule has 3 N–H and O–H groups in total. The molecule has 11 heavy (non-hydrogen) atoms. The van der Waals surface area contributed by atoms with Crippen molar-refractivity contribution in [2.45, 2.75) is 31.7 Å². The van der Waals surface area contributed by atoms with Gasteiger partial charge >= 0.3 is 5.97 Å². The monoisotopic (exact) mass is 177 g/mol. The Labute approximate surface area is 69.6 Å². The van der Waals surface area contributed by atoms with Crippen LogP contribution in [0.4, 0.5) is 0 Å². The molecule has 66 valence electrons. The third-order valence-corrected chi connectivity index (χ3v) is 1.94. The van der Waals surface area contributed by atoms with Crippen molar-refractivity contribution in [3.8, 4) is 0 Å². The van der Waals surface area contributed by atoms with Crippen molar-refractivity contribution in [2.24, 2.45) is 5.73 Å². The van der Waals surface area contributed by atoms with E-state index in [1.54, 1.807) is 0 Å². The Bertz CT molecular complexity index is 119. The molecule has 0 aliphatic carbocycles. The highest BCUT2D eigenvalue weighted by atomic mass is 31.0. The molecule has 0 radical (unpaired) electrons. The first-order valence-electron chi connectivity index (χ1n) is 3.87. The predicted molar refractivity (Wildman–Crippen MR) is 48.7 cm³/mol. The standard InChI is InChI=1S/C7H16NO2P/c8-6(7(9)10)4-2-1-3-5-11/h6H,1-5,8,11H2,(H,9,10). The largest absolute Gasteiger partial charge is 0.480 e. The Morgan fingerprint density at radius 2 is 2.09 bits per heavy atom. The van der Waals surface area contributed by atoms with Gasteiger partial charge in [0.25, 0.3) is 0 Å². The summed E-state index contributed by atoms with van der Waals surface area (Å²) in [4.78, 5) is 10.2. The molecule has 4 heteroatoms. The van der Waals surface area contributed by atoms with Crippen molar-refractivity contribution in [3.63, 3.8) is 0 Å². The van der Waals surface area contributed by atoms with Gasteiger partial charge in [-0.3, -0.25) is 4.79 Å². The summed E-state index contributed by atoms with van der Waals surface area (Å²) in [7, 11) is 2.64. The van der Waals surface area contributed by atoms with Crippen molar-refractivity contribution < 1.29 is 9.90 Å². The molecule has 0 aromatic heterocycles. The van der Waals surface area contributed by atoms with Crippen molar-refractivity contribution in [1.82, 2.24) is 0 Å². The van der Waals surface area contributed by atoms with E-state index in [1.807, 2.05) is 0 Å². The number of carboxylic acid groups (broad SMARTS) is 1. The predicted octanol–water partition coefficient (Wildman–Crippen LogP) is 0.834. The van der Waals surface area contributed by atoms with Gasteiger partial charge in [0.05, 0.1) is 0 Å². The zero-order valence-electron chi connectivity index (χ0n) is 6.62. The van der Waals surface area contributed by atoms with E-state index in [0.717, 1.165) is 25.4 Å². The van der Waals surface area contributed by atoms with E-state index >= 15 is 0 Å². The Morgan fingerprint density at radius 1 is 1.45 bits per heavy atom. The highest BCUT2D eigenvalue weighted by Crippen LogP contribution is 2.03. The lowest BCUT2D eigenvalue weighted by molar-refractivity contribution is -0.138. The van der Waals surface area contributed by atoms with E-state index < -0.39 is 12.0 Å². The summed E-state index contributed by atoms with van der Waals surface area (Å²) in [5.41, 5.74) is 5.29. The molecule has 0 aromatic carbocycles. The van der Waals surface area contributed by atoms with Gasteiger partial charge in [-0.05, 0) is 19.0 Å². The molecule has 0 saturated heterocycles. The third-order valence-electron chi connectivity index (χ3n) is 1.54. The van der Waals surface area contributed by atoms with Crippen LogP contribution in [0.3, 0.4) is 0 Å². The van der Waals surface area contributed by atoms with Crippen molar-refractivity contribution in [2.75, 3.05) is 6.16 Å². The van der Waals surface area contributed by atoms with Crippen molar-refractivity contribution in [3.05, 3.63) is 0 Å². The van der Waals surface area contributed by atoms with Crippen LogP contribution in [-0.4, -0.2) is 23.3 Å². The highest BCUT2D eigenvalue weighted by molar-refractivity contribution is 7.16. The van der Waals surface area contributed by atoms with Crippen LogP contribution in [0.5, 0.6) is 0 Å². The molecule has 0 aliphatic heterocycles. The van der Waals surface area contributed by atoms with Crippen molar-refractivity contribution in [1.29, 1.82) is 0 Å². The van der Waals surface area contributed by atoms with E-state index in [-0.39, 0.29) is 0 Å². The number of unbranched alkanes of at least 4 members (excludes halogenated alkanes) is 2. The van der Waals surface area contributed by atoms with E-state index in [1.165, 1.54) is 0 Å². The van der Waals surface area contributed by atoms with E-state index in [0.29, 0.717) is 6.42 Å². The number of carbonyl (C=O) groups is 1. The second-order valence-electron chi connectivity index (χ2n) is 2.58. The Balaban J connectivity index is 3.17. The number of aliphatic carboxylic acids is 1. The van der Waals surface area contributed by atoms with Gasteiger partial charge in [0.2, 0.25) is 0 Å². The molecule has 2 atom stereocenters. The van der Waals surface area contributed by atoms with Gasteiger partial charge < -0.3 is 10.8 Å². The molecule has 0 fully saturated rings. The molecule has 0 heterocycles. The topological polar surface area (TPSA) is 63.3 Å². The summed E-state index contributed by atoms with van der Waals surface area (Å²) in [5, 5.41) is 8.41. The minimum atomic E-state index is -0.893. The Hall–Kier alpha value is -0.140. The summed E-state index contributed by atoms with van der Waals surface area (Å²) in [6.45, 7) is 0. The number of nitrogens with two attached hydrogens (primary N) is 1. The van der Waals surface area contributed by atoms with Crippen LogP contribution >= 0.6 is 9.24 Å². The molecule has 0 aliphatic rings. The average molecular weight is 177 g/mol. The molecular weight excluding hydrogens is 161 g/mol. The van der Waals surface area contributed by atoms with Crippen molar-refractivity contribution >= 4 is 15.2 Å². The van der Waals surface area contributed by atoms with Crippen LogP contribution in [-0.2, 0) is 4.79 Å². The average Bonchev–Trinajstić information content (AvgIpc) is 1.97. The minimum absolute atomic E-state index is 0.597. The summed E-state index contributed by atoms with van der Waals surface area (Å²) in [6, 6.07) is -0.667. The smallest absolute Gasteiger partial charge is 0.320 e. The maximum Gasteiger partial charge on any atom is 0.320 e. The number of hydrogen-bond acceptors (Lipinski definition) is 2. The summed E-state index contributed by atoms with van der Waals surface area (Å²) in [5.74, 6) is -0.893. The first-order chi connectivity index (χ1) is 5.18. The Morgan fingerprint density at radius 3 is 2.55 bits per heavy atom. The molecule has 0 spiro atoms. The number of carboxylic acids is 1. The van der Waals surface area contributed by atoms with Gasteiger partial charge in [-0.15, -0.1) is 9.24 Å². The van der Waals surface area contributed by atoms with Crippen LogP contribution in [0.2, 0.25) is 0 Å². The van der Waals surface area contributed by atoms with Crippen LogP contribution in [0, 0.1) is 0 Å². The highest BCUT2D eigenvalue weighted by Gasteiger charge is 2.09. The lowest BCUT2D eigenvalue weighted by Crippen LogP contribution is -2.29.